The summed E-state index contributed by atoms with van der Waals surface area (Å²) >= 11 is 0. The van der Waals surface area contributed by atoms with Crippen molar-refractivity contribution in [3.8, 4) is 6.01 Å². The predicted octanol–water partition coefficient (Wildman–Crippen LogP) is 3.36. The molecule has 2 N–H and O–H groups in total. The van der Waals surface area contributed by atoms with Gasteiger partial charge in [0.05, 0.1) is 24.2 Å². The molecule has 124 valence electrons. The maximum Gasteiger partial charge on any atom is 0.409 e. The second kappa shape index (κ2) is 7.06. The van der Waals surface area contributed by atoms with Crippen molar-refractivity contribution in [3.05, 3.63) is 12.4 Å². The van der Waals surface area contributed by atoms with Gasteiger partial charge in [0.25, 0.3) is 0 Å². The van der Waals surface area contributed by atoms with E-state index in [1.165, 1.54) is 12.4 Å². The van der Waals surface area contributed by atoms with Gasteiger partial charge in [-0.1, -0.05) is 20.8 Å². The molecule has 0 bridgehead atoms. The molecule has 0 aliphatic carbocycles. The number of aromatic nitrogens is 2. The number of amides is 1. The van der Waals surface area contributed by atoms with E-state index in [0.717, 1.165) is 0 Å². The molecule has 0 saturated carbocycles. The second-order valence-electron chi connectivity index (χ2n) is 6.68. The van der Waals surface area contributed by atoms with Crippen molar-refractivity contribution in [1.82, 2.24) is 9.97 Å². The van der Waals surface area contributed by atoms with Crippen LogP contribution in [-0.2, 0) is 4.43 Å². The van der Waals surface area contributed by atoms with Crippen LogP contribution in [0.4, 0.5) is 10.5 Å². The molecule has 0 aliphatic rings. The van der Waals surface area contributed by atoms with E-state index in [2.05, 4.69) is 49.1 Å². The summed E-state index contributed by atoms with van der Waals surface area (Å²) in [7, 11) is -1.83. The van der Waals surface area contributed by atoms with Crippen LogP contribution in [0.1, 0.15) is 27.7 Å². The lowest BCUT2D eigenvalue weighted by molar-refractivity contribution is 0.123. The summed E-state index contributed by atoms with van der Waals surface area (Å²) in [6, 6.07) is 0.196. The van der Waals surface area contributed by atoms with Crippen LogP contribution in [0.2, 0.25) is 18.1 Å². The molecule has 1 aromatic heterocycles. The highest BCUT2D eigenvalue weighted by Crippen LogP contribution is 2.37. The number of nitrogens with zero attached hydrogens (tertiary/aromatic N) is 2. The normalized spacial score (nSPS) is 13.5. The fourth-order valence-corrected chi connectivity index (χ4v) is 2.91. The lowest BCUT2D eigenvalue weighted by Gasteiger charge is -2.38. The molecular formula is C14H25N3O4Si. The van der Waals surface area contributed by atoms with E-state index in [1.807, 2.05) is 6.92 Å². The molecule has 1 amide bonds. The van der Waals surface area contributed by atoms with E-state index >= 15 is 0 Å². The van der Waals surface area contributed by atoms with Gasteiger partial charge in [-0.2, -0.15) is 0 Å². The van der Waals surface area contributed by atoms with E-state index in [-0.39, 0.29) is 17.2 Å². The molecule has 7 nitrogen and oxygen atoms in total. The van der Waals surface area contributed by atoms with Crippen LogP contribution in [-0.4, -0.2) is 42.2 Å². The monoisotopic (exact) mass is 327 g/mol. The highest BCUT2D eigenvalue weighted by atomic mass is 28.4. The average molecular weight is 327 g/mol. The minimum absolute atomic E-state index is 0.0682. The van der Waals surface area contributed by atoms with Gasteiger partial charge in [-0.05, 0) is 25.1 Å². The van der Waals surface area contributed by atoms with E-state index < -0.39 is 14.4 Å². The molecule has 0 fully saturated rings. The Morgan fingerprint density at radius 2 is 1.91 bits per heavy atom. The fourth-order valence-electron chi connectivity index (χ4n) is 1.48. The number of rotatable bonds is 6. The molecule has 0 aliphatic heterocycles. The first-order valence-corrected chi connectivity index (χ1v) is 10.0. The van der Waals surface area contributed by atoms with E-state index in [0.29, 0.717) is 12.3 Å². The minimum atomic E-state index is -1.83. The zero-order valence-corrected chi connectivity index (χ0v) is 15.0. The number of anilines is 1. The average Bonchev–Trinajstić information content (AvgIpc) is 2.35. The van der Waals surface area contributed by atoms with Crippen molar-refractivity contribution in [2.45, 2.75) is 51.9 Å². The molecule has 8 heteroatoms. The summed E-state index contributed by atoms with van der Waals surface area (Å²) in [6.45, 7) is 13.2. The Morgan fingerprint density at radius 1 is 1.36 bits per heavy atom. The predicted molar refractivity (Wildman–Crippen MR) is 86.9 cm³/mol. The van der Waals surface area contributed by atoms with Gasteiger partial charge in [-0.15, -0.1) is 0 Å². The van der Waals surface area contributed by atoms with E-state index in [4.69, 9.17) is 14.3 Å². The minimum Gasteiger partial charge on any atom is -0.465 e. The molecule has 0 saturated heterocycles. The zero-order chi connectivity index (χ0) is 17.0. The van der Waals surface area contributed by atoms with Crippen molar-refractivity contribution in [2.75, 3.05) is 11.9 Å². The van der Waals surface area contributed by atoms with Gasteiger partial charge < -0.3 is 14.3 Å². The topological polar surface area (TPSA) is 93.6 Å². The van der Waals surface area contributed by atoms with E-state index in [9.17, 15) is 4.79 Å². The molecule has 1 atom stereocenters. The second-order valence-corrected chi connectivity index (χ2v) is 11.4. The third-order valence-corrected chi connectivity index (χ3v) is 8.23. The Kier molecular flexibility index (Phi) is 5.90. The van der Waals surface area contributed by atoms with Crippen molar-refractivity contribution >= 4 is 20.1 Å². The Balaban J connectivity index is 2.50. The van der Waals surface area contributed by atoms with Crippen molar-refractivity contribution in [3.63, 3.8) is 0 Å². The maximum atomic E-state index is 10.5. The lowest BCUT2D eigenvalue weighted by atomic mass is 10.2. The maximum absolute atomic E-state index is 10.5. The summed E-state index contributed by atoms with van der Waals surface area (Å²) in [6.07, 6.45) is 1.49. The Hall–Kier alpha value is -1.67. The standard InChI is InChI=1S/C14H25N3O4Si/c1-10(21-22(5,6)14(2,3)4)9-20-12-15-7-11(8-16-12)17-13(18)19/h7-8,10,17H,9H2,1-6H3,(H,18,19). The molecule has 0 aromatic carbocycles. The molecule has 0 radical (unpaired) electrons. The molecule has 1 rings (SSSR count). The number of carbonyl (C=O) groups is 1. The number of hydrogen-bond acceptors (Lipinski definition) is 5. The van der Waals surface area contributed by atoms with Crippen molar-refractivity contribution in [2.24, 2.45) is 0 Å². The van der Waals surface area contributed by atoms with E-state index in [1.54, 1.807) is 0 Å². The molecule has 22 heavy (non-hydrogen) atoms. The zero-order valence-electron chi connectivity index (χ0n) is 14.0. The van der Waals surface area contributed by atoms with Crippen LogP contribution in [0, 0.1) is 0 Å². The van der Waals surface area contributed by atoms with Crippen LogP contribution in [0.5, 0.6) is 6.01 Å². The van der Waals surface area contributed by atoms with Gasteiger partial charge in [0.15, 0.2) is 8.32 Å². The Labute approximate surface area is 132 Å². The SMILES string of the molecule is CC(COc1ncc(NC(=O)O)cn1)O[Si](C)(C)C(C)(C)C. The number of ether oxygens (including phenoxy) is 1. The van der Waals surface area contributed by atoms with Crippen LogP contribution < -0.4 is 10.1 Å². The third-order valence-electron chi connectivity index (χ3n) is 3.63. The van der Waals surface area contributed by atoms with Gasteiger partial charge in [0, 0.05) is 0 Å². The first-order chi connectivity index (χ1) is 10.0. The molecule has 1 aromatic rings. The highest BCUT2D eigenvalue weighted by molar-refractivity contribution is 6.74. The summed E-state index contributed by atoms with van der Waals surface area (Å²) in [5.74, 6) is 0. The first kappa shape index (κ1) is 18.4. The van der Waals surface area contributed by atoms with Crippen molar-refractivity contribution < 1.29 is 19.1 Å². The lowest BCUT2D eigenvalue weighted by Crippen LogP contribution is -2.44. The highest BCUT2D eigenvalue weighted by Gasteiger charge is 2.38. The van der Waals surface area contributed by atoms with Crippen molar-refractivity contribution in [1.29, 1.82) is 0 Å². The number of hydrogen-bond donors (Lipinski definition) is 2. The van der Waals surface area contributed by atoms with Gasteiger partial charge in [-0.25, -0.2) is 14.8 Å². The molecule has 1 unspecified atom stereocenters. The van der Waals surface area contributed by atoms with Crippen LogP contribution in [0.25, 0.3) is 0 Å². The quantitative estimate of drug-likeness (QED) is 0.778. The Bertz CT molecular complexity index is 500. The van der Waals surface area contributed by atoms with Crippen LogP contribution in [0.3, 0.4) is 0 Å². The summed E-state index contributed by atoms with van der Waals surface area (Å²) in [4.78, 5) is 18.4. The third kappa shape index (κ3) is 5.61. The van der Waals surface area contributed by atoms with Gasteiger partial charge in [0.1, 0.15) is 6.61 Å². The smallest absolute Gasteiger partial charge is 0.409 e. The Morgan fingerprint density at radius 3 is 2.36 bits per heavy atom. The number of nitrogens with one attached hydrogen (secondary N) is 1. The molecule has 1 heterocycles. The largest absolute Gasteiger partial charge is 0.465 e. The fraction of sp³-hybridized carbons (Fsp3) is 0.643. The first-order valence-electron chi connectivity index (χ1n) is 7.14. The summed E-state index contributed by atoms with van der Waals surface area (Å²) < 4.78 is 11.7. The molecular weight excluding hydrogens is 302 g/mol. The summed E-state index contributed by atoms with van der Waals surface area (Å²) in [5, 5.41) is 10.9. The molecule has 0 spiro atoms. The van der Waals surface area contributed by atoms with Gasteiger partial charge >= 0.3 is 12.1 Å². The van der Waals surface area contributed by atoms with Gasteiger partial charge in [0.2, 0.25) is 0 Å². The van der Waals surface area contributed by atoms with Crippen LogP contribution in [0.15, 0.2) is 12.4 Å². The van der Waals surface area contributed by atoms with Crippen LogP contribution >= 0.6 is 0 Å². The van der Waals surface area contributed by atoms with Gasteiger partial charge in [-0.3, -0.25) is 5.32 Å². The summed E-state index contributed by atoms with van der Waals surface area (Å²) in [5.41, 5.74) is 0.297. The number of carboxylic acid groups (broad SMARTS) is 1.